The van der Waals surface area contributed by atoms with Gasteiger partial charge in [0.05, 0.1) is 30.7 Å². The van der Waals surface area contributed by atoms with Gasteiger partial charge in [-0.15, -0.1) is 0 Å². The summed E-state index contributed by atoms with van der Waals surface area (Å²) in [6.07, 6.45) is 1.39. The Balaban J connectivity index is 1.93. The number of ether oxygens (including phenoxy) is 2. The number of nitrogens with one attached hydrogen (secondary N) is 1. The van der Waals surface area contributed by atoms with Gasteiger partial charge in [-0.1, -0.05) is 29.8 Å². The molecule has 2 aliphatic heterocycles. The lowest BCUT2D eigenvalue weighted by molar-refractivity contribution is -0.149. The quantitative estimate of drug-likeness (QED) is 0.604. The van der Waals surface area contributed by atoms with Gasteiger partial charge in [0, 0.05) is 18.8 Å². The molecule has 1 aromatic rings. The van der Waals surface area contributed by atoms with Crippen molar-refractivity contribution in [3.05, 3.63) is 46.7 Å². The van der Waals surface area contributed by atoms with Gasteiger partial charge in [0.15, 0.2) is 0 Å². The van der Waals surface area contributed by atoms with Crippen LogP contribution in [-0.4, -0.2) is 67.2 Å². The summed E-state index contributed by atoms with van der Waals surface area (Å²) < 4.78 is 10.6. The molecule has 0 bridgehead atoms. The number of aryl methyl sites for hydroxylation is 1. The van der Waals surface area contributed by atoms with Crippen LogP contribution in [0.5, 0.6) is 0 Å². The number of amides is 2. The Bertz CT molecular complexity index is 905. The summed E-state index contributed by atoms with van der Waals surface area (Å²) in [5.41, 5.74) is 3.03. The number of carbonyl (C=O) groups is 3. The zero-order valence-electron chi connectivity index (χ0n) is 20.1. The van der Waals surface area contributed by atoms with Gasteiger partial charge in [-0.3, -0.25) is 14.6 Å². The van der Waals surface area contributed by atoms with Crippen LogP contribution >= 0.6 is 0 Å². The molecular formula is C25H35N3O5. The van der Waals surface area contributed by atoms with E-state index in [4.69, 9.17) is 9.47 Å². The molecule has 0 radical (unpaired) electrons. The molecule has 8 heteroatoms. The minimum atomic E-state index is -0.577. The van der Waals surface area contributed by atoms with Crippen molar-refractivity contribution in [2.45, 2.75) is 46.6 Å². The van der Waals surface area contributed by atoms with Crippen molar-refractivity contribution < 1.29 is 23.9 Å². The molecule has 2 amide bonds. The van der Waals surface area contributed by atoms with Crippen molar-refractivity contribution in [3.63, 3.8) is 0 Å². The lowest BCUT2D eigenvalue weighted by Crippen LogP contribution is -2.51. The van der Waals surface area contributed by atoms with Crippen LogP contribution in [0.15, 0.2) is 35.5 Å². The minimum absolute atomic E-state index is 0.100. The number of urea groups is 1. The largest absolute Gasteiger partial charge is 0.466 e. The molecule has 1 saturated heterocycles. The molecule has 0 saturated carbocycles. The first-order valence-electron chi connectivity index (χ1n) is 11.8. The van der Waals surface area contributed by atoms with E-state index < -0.39 is 12.0 Å². The van der Waals surface area contributed by atoms with Crippen molar-refractivity contribution in [2.24, 2.45) is 5.92 Å². The predicted molar refractivity (Wildman–Crippen MR) is 124 cm³/mol. The van der Waals surface area contributed by atoms with Crippen LogP contribution in [0, 0.1) is 12.8 Å². The van der Waals surface area contributed by atoms with Crippen molar-refractivity contribution >= 4 is 18.0 Å². The summed E-state index contributed by atoms with van der Waals surface area (Å²) >= 11 is 0. The van der Waals surface area contributed by atoms with Crippen LogP contribution in [0.2, 0.25) is 0 Å². The zero-order valence-corrected chi connectivity index (χ0v) is 20.1. The maximum atomic E-state index is 13.2. The van der Waals surface area contributed by atoms with Gasteiger partial charge in [-0.25, -0.2) is 9.59 Å². The van der Waals surface area contributed by atoms with E-state index >= 15 is 0 Å². The second-order valence-corrected chi connectivity index (χ2v) is 8.42. The topological polar surface area (TPSA) is 88.2 Å². The summed E-state index contributed by atoms with van der Waals surface area (Å²) in [4.78, 5) is 42.1. The number of hydrogen-bond donors (Lipinski definition) is 1. The fourth-order valence-electron chi connectivity index (χ4n) is 4.56. The third-order valence-electron chi connectivity index (χ3n) is 6.21. The molecule has 3 rings (SSSR count). The van der Waals surface area contributed by atoms with Gasteiger partial charge < -0.3 is 14.8 Å². The number of hydrogen-bond acceptors (Lipinski definition) is 6. The van der Waals surface area contributed by atoms with E-state index in [-0.39, 0.29) is 24.5 Å². The maximum absolute atomic E-state index is 13.2. The third kappa shape index (κ3) is 5.74. The standard InChI is InChI=1S/C25H35N3O5/c1-5-28-20(16-27-13-11-18(12-14-27)23(29)32-6-2)21(24(30)33-7-3)22(26-25(28)31)19-10-8-9-17(4)15-19/h8-10,15,18,22H,5-7,11-14,16H2,1-4H3,(H,26,31)/t22-/m0/s1. The Kier molecular flexibility index (Phi) is 8.49. The number of rotatable bonds is 8. The van der Waals surface area contributed by atoms with Crippen LogP contribution < -0.4 is 5.32 Å². The van der Waals surface area contributed by atoms with E-state index in [0.717, 1.165) is 11.1 Å². The van der Waals surface area contributed by atoms with Crippen molar-refractivity contribution in [1.29, 1.82) is 0 Å². The molecule has 180 valence electrons. The smallest absolute Gasteiger partial charge is 0.338 e. The number of likely N-dealkylation sites (N-methyl/N-ethyl adjacent to an activating group) is 1. The van der Waals surface area contributed by atoms with E-state index in [1.54, 1.807) is 11.8 Å². The Labute approximate surface area is 195 Å². The molecule has 0 aromatic heterocycles. The maximum Gasteiger partial charge on any atom is 0.338 e. The molecule has 2 aliphatic rings. The second kappa shape index (κ2) is 11.3. The van der Waals surface area contributed by atoms with E-state index in [9.17, 15) is 14.4 Å². The number of benzene rings is 1. The van der Waals surface area contributed by atoms with Crippen LogP contribution in [0.25, 0.3) is 0 Å². The van der Waals surface area contributed by atoms with Gasteiger partial charge in [0.25, 0.3) is 0 Å². The molecule has 0 aliphatic carbocycles. The zero-order chi connectivity index (χ0) is 24.0. The fraction of sp³-hybridized carbons (Fsp3) is 0.560. The van der Waals surface area contributed by atoms with Gasteiger partial charge in [-0.2, -0.15) is 0 Å². The van der Waals surface area contributed by atoms with Crippen molar-refractivity contribution in [3.8, 4) is 0 Å². The monoisotopic (exact) mass is 457 g/mol. The van der Waals surface area contributed by atoms with Crippen LogP contribution in [-0.2, 0) is 19.1 Å². The van der Waals surface area contributed by atoms with E-state index in [1.165, 1.54) is 0 Å². The fourth-order valence-corrected chi connectivity index (χ4v) is 4.56. The molecule has 33 heavy (non-hydrogen) atoms. The highest BCUT2D eigenvalue weighted by molar-refractivity contribution is 5.95. The van der Waals surface area contributed by atoms with Crippen molar-refractivity contribution in [1.82, 2.24) is 15.1 Å². The SMILES string of the molecule is CCOC(=O)C1=C(CN2CCC(C(=O)OCC)CC2)N(CC)C(=O)N[C@H]1c1cccc(C)c1. The molecule has 1 N–H and O–H groups in total. The molecule has 8 nitrogen and oxygen atoms in total. The molecule has 0 spiro atoms. The highest BCUT2D eigenvalue weighted by Crippen LogP contribution is 2.33. The van der Waals surface area contributed by atoms with E-state index in [1.807, 2.05) is 45.0 Å². The number of esters is 2. The van der Waals surface area contributed by atoms with Crippen molar-refractivity contribution in [2.75, 3.05) is 39.4 Å². The highest BCUT2D eigenvalue weighted by atomic mass is 16.5. The second-order valence-electron chi connectivity index (χ2n) is 8.42. The van der Waals surface area contributed by atoms with Crippen LogP contribution in [0.3, 0.4) is 0 Å². The Morgan fingerprint density at radius 3 is 2.39 bits per heavy atom. The lowest BCUT2D eigenvalue weighted by Gasteiger charge is -2.39. The van der Waals surface area contributed by atoms with Crippen LogP contribution in [0.4, 0.5) is 4.79 Å². The third-order valence-corrected chi connectivity index (χ3v) is 6.21. The van der Waals surface area contributed by atoms with Gasteiger partial charge in [0.1, 0.15) is 0 Å². The molecule has 1 fully saturated rings. The number of piperidine rings is 1. The molecule has 0 unspecified atom stereocenters. The molecule has 2 heterocycles. The highest BCUT2D eigenvalue weighted by Gasteiger charge is 2.39. The summed E-state index contributed by atoms with van der Waals surface area (Å²) in [6.45, 7) is 10.4. The van der Waals surface area contributed by atoms with Gasteiger partial charge in [-0.05, 0) is 59.2 Å². The molecule has 1 atom stereocenters. The van der Waals surface area contributed by atoms with E-state index in [0.29, 0.717) is 56.9 Å². The average molecular weight is 458 g/mol. The summed E-state index contributed by atoms with van der Waals surface area (Å²) in [5, 5.41) is 3.00. The average Bonchev–Trinajstić information content (AvgIpc) is 2.79. The van der Waals surface area contributed by atoms with E-state index in [2.05, 4.69) is 10.2 Å². The number of carbonyl (C=O) groups excluding carboxylic acids is 3. The Hall–Kier alpha value is -2.87. The minimum Gasteiger partial charge on any atom is -0.466 e. The van der Waals surface area contributed by atoms with Gasteiger partial charge >= 0.3 is 18.0 Å². The molecule has 1 aromatic carbocycles. The Morgan fingerprint density at radius 1 is 1.09 bits per heavy atom. The summed E-state index contributed by atoms with van der Waals surface area (Å²) in [6, 6.07) is 7.00. The number of likely N-dealkylation sites (tertiary alicyclic amines) is 1. The normalized spacial score (nSPS) is 19.9. The van der Waals surface area contributed by atoms with Crippen LogP contribution in [0.1, 0.15) is 50.8 Å². The first kappa shape index (κ1) is 24.8. The predicted octanol–water partition coefficient (Wildman–Crippen LogP) is 3.17. The first-order chi connectivity index (χ1) is 15.9. The summed E-state index contributed by atoms with van der Waals surface area (Å²) in [7, 11) is 0. The van der Waals surface area contributed by atoms with Gasteiger partial charge in [0.2, 0.25) is 0 Å². The summed E-state index contributed by atoms with van der Waals surface area (Å²) in [5.74, 6) is -0.661. The Morgan fingerprint density at radius 2 is 1.79 bits per heavy atom. The number of nitrogens with zero attached hydrogens (tertiary/aromatic N) is 2. The molecular weight excluding hydrogens is 422 g/mol. The first-order valence-corrected chi connectivity index (χ1v) is 11.8. The lowest BCUT2D eigenvalue weighted by atomic mass is 9.92.